The minimum Gasteiger partial charge on any atom is -0.495 e. The fraction of sp³-hybridized carbons (Fsp3) is 0.333. The van der Waals surface area contributed by atoms with Crippen molar-refractivity contribution in [3.8, 4) is 5.75 Å². The van der Waals surface area contributed by atoms with E-state index in [1.54, 1.807) is 37.3 Å². The minimum absolute atomic E-state index is 0.184. The summed E-state index contributed by atoms with van der Waals surface area (Å²) in [5, 5.41) is 11.8. The molecular weight excluding hydrogens is 494 g/mol. The largest absolute Gasteiger partial charge is 0.495 e. The summed E-state index contributed by atoms with van der Waals surface area (Å²) in [6.45, 7) is 7.41. The van der Waals surface area contributed by atoms with Crippen LogP contribution in [0.25, 0.3) is 11.0 Å². The molecule has 1 atom stereocenters. The minimum atomic E-state index is -1.14. The zero-order valence-electron chi connectivity index (χ0n) is 21.5. The van der Waals surface area contributed by atoms with Crippen LogP contribution < -0.4 is 15.0 Å². The number of anilines is 1. The van der Waals surface area contributed by atoms with Crippen molar-refractivity contribution in [2.45, 2.75) is 52.2 Å². The first-order chi connectivity index (χ1) is 17.6. The number of aromatic nitrogens is 3. The number of amides is 2. The Morgan fingerprint density at radius 3 is 2.62 bits per heavy atom. The van der Waals surface area contributed by atoms with Crippen molar-refractivity contribution in [3.63, 3.8) is 0 Å². The average molecular weight is 524 g/mol. The number of nitrogens with zero attached hydrogens (tertiary/aromatic N) is 4. The number of benzene rings is 2. The van der Waals surface area contributed by atoms with Crippen LogP contribution in [0, 0.1) is 6.92 Å². The van der Waals surface area contributed by atoms with Crippen LogP contribution in [0.15, 0.2) is 59.0 Å². The summed E-state index contributed by atoms with van der Waals surface area (Å²) in [5.74, 6) is 0.452. The van der Waals surface area contributed by atoms with Gasteiger partial charge in [0, 0.05) is 10.6 Å². The van der Waals surface area contributed by atoms with Crippen molar-refractivity contribution in [2.75, 3.05) is 12.0 Å². The molecule has 4 aromatic rings. The van der Waals surface area contributed by atoms with Gasteiger partial charge in [-0.05, 0) is 69.7 Å². The molecule has 0 aliphatic rings. The van der Waals surface area contributed by atoms with Gasteiger partial charge in [-0.2, -0.15) is 0 Å². The molecule has 1 N–H and O–H groups in total. The van der Waals surface area contributed by atoms with Crippen LogP contribution in [0.2, 0.25) is 5.02 Å². The van der Waals surface area contributed by atoms with Gasteiger partial charge in [-0.3, -0.25) is 14.5 Å². The molecule has 0 saturated carbocycles. The van der Waals surface area contributed by atoms with Gasteiger partial charge in [0.1, 0.15) is 29.3 Å². The number of para-hydroxylation sites is 1. The number of nitrogens with one attached hydrogen (secondary N) is 1. The molecule has 2 amide bonds. The van der Waals surface area contributed by atoms with Gasteiger partial charge in [-0.1, -0.05) is 35.9 Å². The Morgan fingerprint density at radius 2 is 1.95 bits per heavy atom. The van der Waals surface area contributed by atoms with Crippen molar-refractivity contribution in [1.29, 1.82) is 0 Å². The van der Waals surface area contributed by atoms with Crippen molar-refractivity contribution >= 4 is 40.1 Å². The van der Waals surface area contributed by atoms with E-state index in [2.05, 4.69) is 15.6 Å². The quantitative estimate of drug-likeness (QED) is 0.328. The van der Waals surface area contributed by atoms with E-state index in [4.69, 9.17) is 20.8 Å². The fourth-order valence-electron chi connectivity index (χ4n) is 3.97. The van der Waals surface area contributed by atoms with E-state index in [-0.39, 0.29) is 6.54 Å². The van der Waals surface area contributed by atoms with Crippen LogP contribution in [0.5, 0.6) is 5.75 Å². The highest BCUT2D eigenvalue weighted by Gasteiger charge is 2.38. The molecule has 10 heteroatoms. The number of aryl methyl sites for hydroxylation is 1. The second kappa shape index (κ2) is 10.6. The molecule has 4 rings (SSSR count). The Kier molecular flexibility index (Phi) is 7.54. The summed E-state index contributed by atoms with van der Waals surface area (Å²) in [5.41, 5.74) is 1.15. The maximum Gasteiger partial charge on any atom is 0.251 e. The summed E-state index contributed by atoms with van der Waals surface area (Å²) in [7, 11) is 1.49. The topological polar surface area (TPSA) is 102 Å². The van der Waals surface area contributed by atoms with Gasteiger partial charge in [0.15, 0.2) is 6.04 Å². The summed E-state index contributed by atoms with van der Waals surface area (Å²) in [4.78, 5) is 29.3. The molecule has 0 aliphatic carbocycles. The number of hydrogen-bond donors (Lipinski definition) is 1. The molecule has 9 nitrogen and oxygen atoms in total. The fourth-order valence-corrected chi connectivity index (χ4v) is 4.14. The van der Waals surface area contributed by atoms with E-state index in [9.17, 15) is 9.59 Å². The number of fused-ring (bicyclic) bond motifs is 1. The molecule has 0 fully saturated rings. The van der Waals surface area contributed by atoms with E-state index in [1.807, 2.05) is 45.0 Å². The summed E-state index contributed by atoms with van der Waals surface area (Å²) < 4.78 is 13.0. The Hall–Kier alpha value is -3.85. The number of carbonyl (C=O) groups is 2. The Balaban J connectivity index is 1.87. The molecular formula is C27H30ClN5O4. The highest BCUT2D eigenvalue weighted by atomic mass is 35.5. The molecule has 2 heterocycles. The Morgan fingerprint density at radius 1 is 1.19 bits per heavy atom. The first-order valence-corrected chi connectivity index (χ1v) is 12.3. The molecule has 2 aromatic carbocycles. The van der Waals surface area contributed by atoms with E-state index in [1.165, 1.54) is 16.7 Å². The normalized spacial score (nSPS) is 12.4. The van der Waals surface area contributed by atoms with Crippen LogP contribution in [0.4, 0.5) is 5.69 Å². The predicted molar refractivity (Wildman–Crippen MR) is 142 cm³/mol. The molecule has 0 aliphatic heterocycles. The molecule has 0 spiro atoms. The van der Waals surface area contributed by atoms with Crippen molar-refractivity contribution in [2.24, 2.45) is 0 Å². The highest BCUT2D eigenvalue weighted by molar-refractivity contribution is 6.31. The van der Waals surface area contributed by atoms with Crippen molar-refractivity contribution in [3.05, 3.63) is 71.1 Å². The lowest BCUT2D eigenvalue weighted by molar-refractivity contribution is -0.128. The van der Waals surface area contributed by atoms with Gasteiger partial charge in [0.25, 0.3) is 5.91 Å². The number of hydrogen-bond acceptors (Lipinski definition) is 6. The number of rotatable bonds is 9. The lowest BCUT2D eigenvalue weighted by Crippen LogP contribution is -2.51. The van der Waals surface area contributed by atoms with Gasteiger partial charge in [-0.15, -0.1) is 5.10 Å². The van der Waals surface area contributed by atoms with Crippen molar-refractivity contribution in [1.82, 2.24) is 20.3 Å². The maximum atomic E-state index is 14.1. The highest BCUT2D eigenvalue weighted by Crippen LogP contribution is 2.38. The molecule has 37 heavy (non-hydrogen) atoms. The van der Waals surface area contributed by atoms with E-state index >= 15 is 0 Å². The van der Waals surface area contributed by atoms with Gasteiger partial charge < -0.3 is 14.5 Å². The third-order valence-electron chi connectivity index (χ3n) is 6.26. The van der Waals surface area contributed by atoms with Gasteiger partial charge in [-0.25, -0.2) is 4.68 Å². The molecule has 194 valence electrons. The molecule has 0 bridgehead atoms. The predicted octanol–water partition coefficient (Wildman–Crippen LogP) is 5.07. The lowest BCUT2D eigenvalue weighted by atomic mass is 10.0. The number of ether oxygens (including phenoxy) is 1. The summed E-state index contributed by atoms with van der Waals surface area (Å²) >= 11 is 6.36. The first kappa shape index (κ1) is 26.2. The Labute approximate surface area is 220 Å². The zero-order chi connectivity index (χ0) is 26.7. The summed E-state index contributed by atoms with van der Waals surface area (Å²) in [6, 6.07) is 14.6. The van der Waals surface area contributed by atoms with Crippen LogP contribution in [-0.2, 0) is 16.1 Å². The van der Waals surface area contributed by atoms with Crippen LogP contribution in [-0.4, -0.2) is 39.5 Å². The average Bonchev–Trinajstić information content (AvgIpc) is 3.48. The SMILES string of the molecule is CCC(C)(C)NC(=O)[C@@H](c1ccc(C)o1)N(C(=O)Cn1nnc2ccccc21)c1cc(Cl)ccc1OC. The standard InChI is InChI=1S/C27H30ClN5O4/c1-6-27(3,4)29-26(35)25(23-13-11-17(2)37-23)33(21-15-18(28)12-14-22(21)36-5)24(34)16-32-20-10-8-7-9-19(20)30-31-32/h7-15,25H,6,16H2,1-5H3,(H,29,35)/t25-/m1/s1. The second-order valence-electron chi connectivity index (χ2n) is 9.39. The van der Waals surface area contributed by atoms with Gasteiger partial charge in [0.05, 0.1) is 18.3 Å². The Bertz CT molecular complexity index is 1430. The number of furan rings is 1. The molecule has 0 unspecified atom stereocenters. The summed E-state index contributed by atoms with van der Waals surface area (Å²) in [6.07, 6.45) is 0.683. The van der Waals surface area contributed by atoms with E-state index in [0.717, 1.165) is 0 Å². The third-order valence-corrected chi connectivity index (χ3v) is 6.49. The lowest BCUT2D eigenvalue weighted by Gasteiger charge is -2.34. The molecule has 0 saturated heterocycles. The number of halogens is 1. The van der Waals surface area contributed by atoms with Crippen LogP contribution in [0.1, 0.15) is 44.8 Å². The monoisotopic (exact) mass is 523 g/mol. The number of methoxy groups -OCH3 is 1. The van der Waals surface area contributed by atoms with Crippen LogP contribution >= 0.6 is 11.6 Å². The molecule has 2 aromatic heterocycles. The maximum absolute atomic E-state index is 14.1. The second-order valence-corrected chi connectivity index (χ2v) is 9.83. The number of carbonyl (C=O) groups excluding carboxylic acids is 2. The molecule has 0 radical (unpaired) electrons. The van der Waals surface area contributed by atoms with E-state index in [0.29, 0.717) is 45.4 Å². The van der Waals surface area contributed by atoms with Gasteiger partial charge in [0.2, 0.25) is 5.91 Å². The van der Waals surface area contributed by atoms with Gasteiger partial charge >= 0.3 is 0 Å². The van der Waals surface area contributed by atoms with Crippen LogP contribution in [0.3, 0.4) is 0 Å². The van der Waals surface area contributed by atoms with E-state index < -0.39 is 23.4 Å². The first-order valence-electron chi connectivity index (χ1n) is 12.0. The van der Waals surface area contributed by atoms with Crippen molar-refractivity contribution < 1.29 is 18.7 Å². The smallest absolute Gasteiger partial charge is 0.251 e. The zero-order valence-corrected chi connectivity index (χ0v) is 22.2. The third kappa shape index (κ3) is 5.61.